The first-order valence-corrected chi connectivity index (χ1v) is 7.45. The van der Waals surface area contributed by atoms with Crippen LogP contribution in [0.1, 0.15) is 33.3 Å². The number of carbonyl (C=O) groups excluding carboxylic acids is 1. The lowest BCUT2D eigenvalue weighted by molar-refractivity contribution is 0.0527. The van der Waals surface area contributed by atoms with Gasteiger partial charge >= 0.3 is 5.97 Å². The molecule has 0 amide bonds. The predicted molar refractivity (Wildman–Crippen MR) is 85.1 cm³/mol. The summed E-state index contributed by atoms with van der Waals surface area (Å²) < 4.78 is 5.08. The van der Waals surface area contributed by atoms with E-state index in [1.54, 1.807) is 31.3 Å². The Labute approximate surface area is 127 Å². The fourth-order valence-electron chi connectivity index (χ4n) is 1.87. The van der Waals surface area contributed by atoms with Gasteiger partial charge in [0.2, 0.25) is 0 Å². The number of nitrogens with zero attached hydrogens (tertiary/aromatic N) is 1. The molecule has 0 saturated carbocycles. The van der Waals surface area contributed by atoms with Crippen LogP contribution in [0.15, 0.2) is 29.3 Å². The number of aryl methyl sites for hydroxylation is 1. The van der Waals surface area contributed by atoms with Gasteiger partial charge in [0, 0.05) is 16.7 Å². The minimum absolute atomic E-state index is 0.156. The number of hydrogen-bond donors (Lipinski definition) is 1. The van der Waals surface area contributed by atoms with Gasteiger partial charge in [-0.1, -0.05) is 12.1 Å². The topological polar surface area (TPSA) is 58.9 Å². The number of rotatable bonds is 4. The second kappa shape index (κ2) is 6.54. The number of para-hydroxylation sites is 1. The molecule has 5 heteroatoms. The molecule has 0 bridgehead atoms. The standard InChI is InChI=1S/C16H17NO3S/c1-4-20-16(19)14-10(2)11(3)21-15(14)17-9-12-7-5-6-8-13(12)18/h5-9,18H,4H2,1-3H3. The summed E-state index contributed by atoms with van der Waals surface area (Å²) in [6, 6.07) is 6.92. The van der Waals surface area contributed by atoms with Crippen LogP contribution in [0.4, 0.5) is 5.00 Å². The SMILES string of the molecule is CCOC(=O)c1c(N=Cc2ccccc2O)sc(C)c1C. The molecule has 2 rings (SSSR count). The number of thiophene rings is 1. The highest BCUT2D eigenvalue weighted by Gasteiger charge is 2.20. The van der Waals surface area contributed by atoms with Crippen LogP contribution < -0.4 is 0 Å². The Balaban J connectivity index is 2.39. The van der Waals surface area contributed by atoms with Crippen molar-refractivity contribution in [3.05, 3.63) is 45.8 Å². The number of ether oxygens (including phenoxy) is 1. The van der Waals surface area contributed by atoms with E-state index >= 15 is 0 Å². The molecular weight excluding hydrogens is 286 g/mol. The number of phenolic OH excluding ortho intramolecular Hbond substituents is 1. The number of aliphatic imine (C=N–C) groups is 1. The average molecular weight is 303 g/mol. The van der Waals surface area contributed by atoms with E-state index in [1.807, 2.05) is 19.9 Å². The molecule has 0 atom stereocenters. The Kier molecular flexibility index (Phi) is 4.75. The van der Waals surface area contributed by atoms with E-state index in [4.69, 9.17) is 4.74 Å². The largest absolute Gasteiger partial charge is 0.507 e. The maximum Gasteiger partial charge on any atom is 0.341 e. The summed E-state index contributed by atoms with van der Waals surface area (Å²) in [5.41, 5.74) is 2.00. The van der Waals surface area contributed by atoms with Crippen LogP contribution in [0.3, 0.4) is 0 Å². The van der Waals surface area contributed by atoms with E-state index < -0.39 is 0 Å². The first-order valence-electron chi connectivity index (χ1n) is 6.63. The van der Waals surface area contributed by atoms with Gasteiger partial charge < -0.3 is 9.84 Å². The van der Waals surface area contributed by atoms with Gasteiger partial charge in [-0.3, -0.25) is 0 Å². The molecule has 1 aromatic carbocycles. The molecule has 0 unspecified atom stereocenters. The highest BCUT2D eigenvalue weighted by atomic mass is 32.1. The number of aromatic hydroxyl groups is 1. The molecule has 0 aliphatic heterocycles. The Hall–Kier alpha value is -2.14. The molecule has 0 spiro atoms. The van der Waals surface area contributed by atoms with Gasteiger partial charge in [-0.2, -0.15) is 0 Å². The lowest BCUT2D eigenvalue weighted by Crippen LogP contribution is -2.05. The van der Waals surface area contributed by atoms with E-state index in [1.165, 1.54) is 11.3 Å². The quantitative estimate of drug-likeness (QED) is 0.686. The molecule has 1 N–H and O–H groups in total. The fourth-order valence-corrected chi connectivity index (χ4v) is 2.86. The minimum Gasteiger partial charge on any atom is -0.507 e. The van der Waals surface area contributed by atoms with Gasteiger partial charge in [-0.05, 0) is 38.5 Å². The van der Waals surface area contributed by atoms with Crippen LogP contribution in [0, 0.1) is 13.8 Å². The van der Waals surface area contributed by atoms with Crippen molar-refractivity contribution in [1.29, 1.82) is 0 Å². The van der Waals surface area contributed by atoms with Gasteiger partial charge in [0.1, 0.15) is 10.8 Å². The molecule has 21 heavy (non-hydrogen) atoms. The van der Waals surface area contributed by atoms with Gasteiger partial charge in [0.05, 0.1) is 12.2 Å². The number of hydrogen-bond acceptors (Lipinski definition) is 5. The van der Waals surface area contributed by atoms with Crippen molar-refractivity contribution in [2.75, 3.05) is 6.61 Å². The highest BCUT2D eigenvalue weighted by molar-refractivity contribution is 7.16. The smallest absolute Gasteiger partial charge is 0.341 e. The summed E-state index contributed by atoms with van der Waals surface area (Å²) in [4.78, 5) is 17.4. The zero-order valence-corrected chi connectivity index (χ0v) is 13.0. The number of benzene rings is 1. The summed E-state index contributed by atoms with van der Waals surface area (Å²) in [6.45, 7) is 5.94. The van der Waals surface area contributed by atoms with E-state index in [2.05, 4.69) is 4.99 Å². The summed E-state index contributed by atoms with van der Waals surface area (Å²) in [5, 5.41) is 10.3. The van der Waals surface area contributed by atoms with Crippen LogP contribution in [0.25, 0.3) is 0 Å². The van der Waals surface area contributed by atoms with Crippen molar-refractivity contribution in [2.24, 2.45) is 4.99 Å². The first kappa shape index (κ1) is 15.3. The predicted octanol–water partition coefficient (Wildman–Crippen LogP) is 4.00. The number of esters is 1. The van der Waals surface area contributed by atoms with Gasteiger partial charge in [-0.25, -0.2) is 9.79 Å². The highest BCUT2D eigenvalue weighted by Crippen LogP contribution is 2.35. The molecule has 0 radical (unpaired) electrons. The Morgan fingerprint density at radius 1 is 1.38 bits per heavy atom. The van der Waals surface area contributed by atoms with E-state index in [0.717, 1.165) is 10.4 Å². The zero-order valence-electron chi connectivity index (χ0n) is 12.2. The number of carbonyl (C=O) groups is 1. The van der Waals surface area contributed by atoms with Gasteiger partial charge in [-0.15, -0.1) is 11.3 Å². The van der Waals surface area contributed by atoms with Crippen LogP contribution in [-0.2, 0) is 4.74 Å². The Morgan fingerprint density at radius 3 is 2.76 bits per heavy atom. The van der Waals surface area contributed by atoms with Crippen LogP contribution >= 0.6 is 11.3 Å². The molecule has 110 valence electrons. The monoisotopic (exact) mass is 303 g/mol. The zero-order chi connectivity index (χ0) is 15.4. The lowest BCUT2D eigenvalue weighted by Gasteiger charge is -2.02. The summed E-state index contributed by atoms with van der Waals surface area (Å²) in [7, 11) is 0. The van der Waals surface area contributed by atoms with Crippen molar-refractivity contribution >= 4 is 28.5 Å². The second-order valence-corrected chi connectivity index (χ2v) is 5.70. The summed E-state index contributed by atoms with van der Waals surface area (Å²) >= 11 is 1.44. The summed E-state index contributed by atoms with van der Waals surface area (Å²) in [6.07, 6.45) is 1.56. The molecule has 1 aromatic heterocycles. The maximum atomic E-state index is 12.0. The second-order valence-electron chi connectivity index (χ2n) is 4.50. The average Bonchev–Trinajstić information content (AvgIpc) is 2.73. The molecule has 0 aliphatic carbocycles. The van der Waals surface area contributed by atoms with Crippen molar-refractivity contribution in [1.82, 2.24) is 0 Å². The van der Waals surface area contributed by atoms with Gasteiger partial charge in [0.25, 0.3) is 0 Å². The van der Waals surface area contributed by atoms with Crippen molar-refractivity contribution in [3.63, 3.8) is 0 Å². The minimum atomic E-state index is -0.358. The summed E-state index contributed by atoms with van der Waals surface area (Å²) in [5.74, 6) is -0.201. The third kappa shape index (κ3) is 3.31. The molecule has 1 heterocycles. The first-order chi connectivity index (χ1) is 10.0. The van der Waals surface area contributed by atoms with E-state index in [-0.39, 0.29) is 11.7 Å². The van der Waals surface area contributed by atoms with Crippen LogP contribution in [-0.4, -0.2) is 23.9 Å². The van der Waals surface area contributed by atoms with Crippen LogP contribution in [0.2, 0.25) is 0 Å². The fraction of sp³-hybridized carbons (Fsp3) is 0.250. The Bertz CT molecular complexity index is 689. The molecule has 4 nitrogen and oxygen atoms in total. The van der Waals surface area contributed by atoms with Crippen molar-refractivity contribution in [2.45, 2.75) is 20.8 Å². The van der Waals surface area contributed by atoms with E-state index in [0.29, 0.717) is 22.7 Å². The lowest BCUT2D eigenvalue weighted by atomic mass is 10.1. The third-order valence-corrected chi connectivity index (χ3v) is 4.22. The normalized spacial score (nSPS) is 11.0. The molecule has 2 aromatic rings. The number of phenols is 1. The molecule has 0 saturated heterocycles. The van der Waals surface area contributed by atoms with Crippen molar-refractivity contribution < 1.29 is 14.6 Å². The Morgan fingerprint density at radius 2 is 2.10 bits per heavy atom. The van der Waals surface area contributed by atoms with E-state index in [9.17, 15) is 9.90 Å². The maximum absolute atomic E-state index is 12.0. The molecule has 0 aliphatic rings. The third-order valence-electron chi connectivity index (χ3n) is 3.10. The molecular formula is C16H17NO3S. The van der Waals surface area contributed by atoms with Gasteiger partial charge in [0.15, 0.2) is 0 Å². The molecule has 0 fully saturated rings. The van der Waals surface area contributed by atoms with Crippen LogP contribution in [0.5, 0.6) is 5.75 Å². The van der Waals surface area contributed by atoms with Crippen molar-refractivity contribution in [3.8, 4) is 5.75 Å².